The Morgan fingerprint density at radius 1 is 0.298 bits per heavy atom. The molecule has 0 saturated carbocycles. The van der Waals surface area contributed by atoms with Crippen molar-refractivity contribution in [2.75, 3.05) is 0 Å². The van der Waals surface area contributed by atoms with E-state index in [1.54, 1.807) is 0 Å². The summed E-state index contributed by atoms with van der Waals surface area (Å²) in [6, 6.07) is 68.3. The topological polar surface area (TPSA) is 18.6 Å². The minimum Gasteiger partial charge on any atom is -0.309 e. The number of benzene rings is 11. The molecule has 11 aromatic carbocycles. The zero-order chi connectivity index (χ0) is 58.5. The SMILES string of the molecule is [C-]#[N+]c1ccc(-n2c3ccc(-c4cc(C)cc(C)c4)cc3c3cc(-c4cc(C)cc(C)c4)ccc32)c(-c2ccc(-c3ccc(C(F)(F)F)cc3[N+]#[C-])cc2-n2c3ccc(-c4cc(C)cc(C)c4)cc3c3cc(-c4cc(C)cc(C)c4)ccc32)c1. The lowest BCUT2D eigenvalue weighted by atomic mass is 9.94. The molecule has 0 amide bonds. The van der Waals surface area contributed by atoms with Crippen LogP contribution in [-0.2, 0) is 6.18 Å². The average Bonchev–Trinajstić information content (AvgIpc) is 1.82. The molecule has 2 aromatic heterocycles. The Morgan fingerprint density at radius 2 is 0.655 bits per heavy atom. The van der Waals surface area contributed by atoms with E-state index < -0.39 is 11.7 Å². The number of hydrogen-bond donors (Lipinski definition) is 0. The van der Waals surface area contributed by atoms with Crippen molar-refractivity contribution in [2.24, 2.45) is 0 Å². The van der Waals surface area contributed by atoms with Gasteiger partial charge in [0.05, 0.1) is 46.6 Å². The Balaban J connectivity index is 1.13. The monoisotopic (exact) mass is 1090 g/mol. The summed E-state index contributed by atoms with van der Waals surface area (Å²) in [5.41, 5.74) is 25.5. The molecule has 0 unspecified atom stereocenters. The van der Waals surface area contributed by atoms with Crippen LogP contribution in [0.1, 0.15) is 50.1 Å². The van der Waals surface area contributed by atoms with Crippen LogP contribution in [0.25, 0.3) is 131 Å². The molecule has 2 heterocycles. The van der Waals surface area contributed by atoms with Gasteiger partial charge in [0.2, 0.25) is 0 Å². The van der Waals surface area contributed by atoms with Crippen molar-refractivity contribution in [3.8, 4) is 78.1 Å². The summed E-state index contributed by atoms with van der Waals surface area (Å²) in [5.74, 6) is 0. The second-order valence-electron chi connectivity index (χ2n) is 23.0. The van der Waals surface area contributed by atoms with E-state index in [-0.39, 0.29) is 5.69 Å². The van der Waals surface area contributed by atoms with Gasteiger partial charge in [0, 0.05) is 32.7 Å². The number of aromatic nitrogens is 2. The van der Waals surface area contributed by atoms with E-state index in [4.69, 9.17) is 13.1 Å². The first-order valence-corrected chi connectivity index (χ1v) is 28.1. The van der Waals surface area contributed by atoms with E-state index in [9.17, 15) is 13.2 Å². The lowest BCUT2D eigenvalue weighted by Crippen LogP contribution is -2.04. The molecule has 4 nitrogen and oxygen atoms in total. The maximum absolute atomic E-state index is 14.3. The van der Waals surface area contributed by atoms with Gasteiger partial charge < -0.3 is 9.13 Å². The Morgan fingerprint density at radius 3 is 1.01 bits per heavy atom. The molecule has 0 radical (unpaired) electrons. The van der Waals surface area contributed by atoms with Gasteiger partial charge in [0.1, 0.15) is 0 Å². The van der Waals surface area contributed by atoms with Crippen molar-refractivity contribution >= 4 is 55.0 Å². The van der Waals surface area contributed by atoms with Gasteiger partial charge in [0.15, 0.2) is 11.4 Å². The third-order valence-electron chi connectivity index (χ3n) is 16.4. The molecule has 0 aliphatic carbocycles. The first kappa shape index (κ1) is 53.1. The highest BCUT2D eigenvalue weighted by Gasteiger charge is 2.31. The van der Waals surface area contributed by atoms with Crippen LogP contribution in [-0.4, -0.2) is 9.13 Å². The molecule has 13 rings (SSSR count). The predicted octanol–water partition coefficient (Wildman–Crippen LogP) is 22.5. The van der Waals surface area contributed by atoms with Gasteiger partial charge in [-0.15, -0.1) is 0 Å². The van der Waals surface area contributed by atoms with Crippen molar-refractivity contribution in [1.82, 2.24) is 9.13 Å². The molecule has 7 heteroatoms. The molecular weight excluding hydrogens is 1040 g/mol. The van der Waals surface area contributed by atoms with Crippen LogP contribution in [0, 0.1) is 68.5 Å². The fourth-order valence-electron chi connectivity index (χ4n) is 13.0. The second kappa shape index (κ2) is 20.3. The Hall–Kier alpha value is -10.2. The summed E-state index contributed by atoms with van der Waals surface area (Å²) >= 11 is 0. The molecule has 0 saturated heterocycles. The van der Waals surface area contributed by atoms with Crippen molar-refractivity contribution in [2.45, 2.75) is 61.6 Å². The number of alkyl halides is 3. The summed E-state index contributed by atoms with van der Waals surface area (Å²) < 4.78 is 47.5. The van der Waals surface area contributed by atoms with Crippen LogP contribution >= 0.6 is 0 Å². The van der Waals surface area contributed by atoms with Crippen LogP contribution in [0.4, 0.5) is 24.5 Å². The van der Waals surface area contributed by atoms with E-state index in [0.29, 0.717) is 16.8 Å². The molecule has 0 fully saturated rings. The largest absolute Gasteiger partial charge is 0.415 e. The summed E-state index contributed by atoms with van der Waals surface area (Å²) in [5, 5.41) is 4.16. The first-order chi connectivity index (χ1) is 40.4. The summed E-state index contributed by atoms with van der Waals surface area (Å²) in [7, 11) is 0. The van der Waals surface area contributed by atoms with Crippen LogP contribution in [0.3, 0.4) is 0 Å². The smallest absolute Gasteiger partial charge is 0.309 e. The van der Waals surface area contributed by atoms with Crippen molar-refractivity contribution < 1.29 is 13.2 Å². The summed E-state index contributed by atoms with van der Waals surface area (Å²) in [6.07, 6.45) is -4.64. The normalized spacial score (nSPS) is 11.7. The van der Waals surface area contributed by atoms with Crippen molar-refractivity contribution in [3.05, 3.63) is 273 Å². The lowest BCUT2D eigenvalue weighted by molar-refractivity contribution is -0.137. The van der Waals surface area contributed by atoms with Crippen LogP contribution < -0.4 is 0 Å². The highest BCUT2D eigenvalue weighted by atomic mass is 19.4. The van der Waals surface area contributed by atoms with E-state index in [0.717, 1.165) is 145 Å². The van der Waals surface area contributed by atoms with Crippen LogP contribution in [0.15, 0.2) is 200 Å². The molecule has 84 heavy (non-hydrogen) atoms. The molecule has 0 atom stereocenters. The van der Waals surface area contributed by atoms with Crippen molar-refractivity contribution in [1.29, 1.82) is 0 Å². The standard InChI is InChI=1S/C77H57F3N4/c1-44-25-45(2)30-57(29-44)52-12-20-71-65(37-52)66-38-53(58-31-46(3)26-47(4)32-58)13-21-72(66)83(71)75-24-17-62(81-9)43-69(75)64-18-11-56(63-19-16-61(77(78,79)80)42-70(63)82-10)41-76(64)84-73-22-14-54(59-33-48(5)27-49(6)34-59)39-67(73)68-40-55(15-23-74(68)84)60-35-50(7)28-51(8)36-60/h11-43H,1-8H3. The van der Waals surface area contributed by atoms with Gasteiger partial charge in [0.25, 0.3) is 0 Å². The number of aryl methyl sites for hydroxylation is 8. The van der Waals surface area contributed by atoms with Gasteiger partial charge in [-0.2, -0.15) is 13.2 Å². The number of hydrogen-bond acceptors (Lipinski definition) is 0. The molecule has 406 valence electrons. The van der Waals surface area contributed by atoms with Crippen molar-refractivity contribution in [3.63, 3.8) is 0 Å². The van der Waals surface area contributed by atoms with E-state index >= 15 is 0 Å². The second-order valence-corrected chi connectivity index (χ2v) is 23.0. The fraction of sp³-hybridized carbons (Fsp3) is 0.117. The molecule has 13 aromatic rings. The number of rotatable bonds is 8. The summed E-state index contributed by atoms with van der Waals surface area (Å²) in [6.45, 7) is 33.7. The minimum absolute atomic E-state index is 0.108. The van der Waals surface area contributed by atoms with Crippen LogP contribution in [0.5, 0.6) is 0 Å². The fourth-order valence-corrected chi connectivity index (χ4v) is 13.0. The molecule has 0 N–H and O–H groups in total. The Kier molecular flexibility index (Phi) is 12.9. The zero-order valence-electron chi connectivity index (χ0n) is 48.0. The third kappa shape index (κ3) is 9.48. The van der Waals surface area contributed by atoms with Gasteiger partial charge in [-0.25, -0.2) is 9.69 Å². The van der Waals surface area contributed by atoms with Gasteiger partial charge in [-0.3, -0.25) is 0 Å². The first-order valence-electron chi connectivity index (χ1n) is 28.1. The lowest BCUT2D eigenvalue weighted by Gasteiger charge is -2.21. The molecule has 0 bridgehead atoms. The van der Waals surface area contributed by atoms with Gasteiger partial charge >= 0.3 is 6.18 Å². The van der Waals surface area contributed by atoms with Crippen LogP contribution in [0.2, 0.25) is 0 Å². The molecule has 0 spiro atoms. The van der Waals surface area contributed by atoms with Gasteiger partial charge in [-0.05, 0) is 189 Å². The Bertz CT molecular complexity index is 4710. The third-order valence-corrected chi connectivity index (χ3v) is 16.4. The maximum atomic E-state index is 14.3. The molecular formula is C77H57F3N4. The highest BCUT2D eigenvalue weighted by Crippen LogP contribution is 2.47. The molecule has 0 aliphatic rings. The minimum atomic E-state index is -4.64. The summed E-state index contributed by atoms with van der Waals surface area (Å²) in [4.78, 5) is 7.74. The maximum Gasteiger partial charge on any atom is 0.415 e. The predicted molar refractivity (Wildman–Crippen MR) is 343 cm³/mol. The highest BCUT2D eigenvalue weighted by molar-refractivity contribution is 6.14. The number of fused-ring (bicyclic) bond motifs is 6. The van der Waals surface area contributed by atoms with E-state index in [1.807, 2.05) is 36.4 Å². The number of halogens is 3. The number of nitrogens with zero attached hydrogens (tertiary/aromatic N) is 4. The zero-order valence-corrected chi connectivity index (χ0v) is 48.0. The Labute approximate surface area is 487 Å². The quantitative estimate of drug-likeness (QED) is 0.135. The van der Waals surface area contributed by atoms with Gasteiger partial charge in [-0.1, -0.05) is 172 Å². The van der Waals surface area contributed by atoms with E-state index in [1.165, 1.54) is 28.3 Å². The average molecular weight is 1100 g/mol. The molecule has 0 aliphatic heterocycles. The van der Waals surface area contributed by atoms with E-state index in [2.05, 4.69) is 220 Å².